The minimum Gasteiger partial charge on any atom is -0.332 e. The predicted octanol–water partition coefficient (Wildman–Crippen LogP) is 3.22. The maximum atomic E-state index is 12.1. The number of nitrogens with one attached hydrogen (secondary N) is 2. The molecule has 2 aromatic heterocycles. The summed E-state index contributed by atoms with van der Waals surface area (Å²) in [4.78, 5) is 14.6. The smallest absolute Gasteiger partial charge is 0.315 e. The summed E-state index contributed by atoms with van der Waals surface area (Å²) in [7, 11) is 1.86. The SMILES string of the molecule is Cc1cc([C@H](C)NC(=O)N[C@H](C)c2cnn(C)c2)c(C)s1. The molecular weight excluding hydrogens is 284 g/mol. The fourth-order valence-electron chi connectivity index (χ4n) is 2.34. The Bertz CT molecular complexity index is 631. The third-order valence-electron chi connectivity index (χ3n) is 3.47. The molecule has 0 saturated carbocycles. The first-order valence-corrected chi connectivity index (χ1v) is 7.81. The molecule has 114 valence electrons. The molecule has 0 aliphatic carbocycles. The van der Waals surface area contributed by atoms with E-state index in [4.69, 9.17) is 0 Å². The van der Waals surface area contributed by atoms with Crippen molar-refractivity contribution in [1.82, 2.24) is 20.4 Å². The second-order valence-electron chi connectivity index (χ2n) is 5.38. The van der Waals surface area contributed by atoms with Crippen LogP contribution in [0.1, 0.15) is 46.8 Å². The Hall–Kier alpha value is -1.82. The van der Waals surface area contributed by atoms with Crippen molar-refractivity contribution in [3.63, 3.8) is 0 Å². The van der Waals surface area contributed by atoms with E-state index in [1.54, 1.807) is 22.2 Å². The van der Waals surface area contributed by atoms with Gasteiger partial charge in [0, 0.05) is 28.6 Å². The van der Waals surface area contributed by atoms with Crippen molar-refractivity contribution in [2.75, 3.05) is 0 Å². The molecule has 0 unspecified atom stereocenters. The van der Waals surface area contributed by atoms with Gasteiger partial charge in [0.05, 0.1) is 18.3 Å². The maximum Gasteiger partial charge on any atom is 0.315 e. The first-order valence-electron chi connectivity index (χ1n) is 6.99. The topological polar surface area (TPSA) is 59.0 Å². The van der Waals surface area contributed by atoms with Crippen molar-refractivity contribution in [2.45, 2.75) is 39.8 Å². The Morgan fingerprint density at radius 1 is 1.29 bits per heavy atom. The number of aryl methyl sites for hydroxylation is 3. The lowest BCUT2D eigenvalue weighted by Crippen LogP contribution is -2.38. The highest BCUT2D eigenvalue weighted by atomic mass is 32.1. The summed E-state index contributed by atoms with van der Waals surface area (Å²) in [6.07, 6.45) is 3.67. The lowest BCUT2D eigenvalue weighted by molar-refractivity contribution is 0.235. The number of hydrogen-bond donors (Lipinski definition) is 2. The van der Waals surface area contributed by atoms with Gasteiger partial charge in [0.25, 0.3) is 0 Å². The highest BCUT2D eigenvalue weighted by Crippen LogP contribution is 2.26. The van der Waals surface area contributed by atoms with Crippen molar-refractivity contribution in [3.8, 4) is 0 Å². The van der Waals surface area contributed by atoms with Crippen LogP contribution in [-0.4, -0.2) is 15.8 Å². The molecule has 2 heterocycles. The Morgan fingerprint density at radius 2 is 1.95 bits per heavy atom. The van der Waals surface area contributed by atoms with Crippen LogP contribution in [0.5, 0.6) is 0 Å². The van der Waals surface area contributed by atoms with E-state index < -0.39 is 0 Å². The molecule has 0 bridgehead atoms. The van der Waals surface area contributed by atoms with Crippen LogP contribution in [0.15, 0.2) is 18.5 Å². The summed E-state index contributed by atoms with van der Waals surface area (Å²) in [5, 5.41) is 10.0. The summed E-state index contributed by atoms with van der Waals surface area (Å²) in [6.45, 7) is 8.11. The van der Waals surface area contributed by atoms with Gasteiger partial charge < -0.3 is 10.6 Å². The van der Waals surface area contributed by atoms with E-state index in [0.717, 1.165) is 5.56 Å². The number of nitrogens with zero attached hydrogens (tertiary/aromatic N) is 2. The van der Waals surface area contributed by atoms with Crippen LogP contribution in [-0.2, 0) is 7.05 Å². The summed E-state index contributed by atoms with van der Waals surface area (Å²) in [6, 6.07) is 1.89. The zero-order valence-electron chi connectivity index (χ0n) is 13.1. The van der Waals surface area contributed by atoms with Crippen molar-refractivity contribution >= 4 is 17.4 Å². The molecule has 5 nitrogen and oxygen atoms in total. The first-order chi connectivity index (χ1) is 9.86. The molecular formula is C15H22N4OS. The Morgan fingerprint density at radius 3 is 2.48 bits per heavy atom. The van der Waals surface area contributed by atoms with Gasteiger partial charge in [-0.3, -0.25) is 4.68 Å². The van der Waals surface area contributed by atoms with Gasteiger partial charge in [-0.15, -0.1) is 11.3 Å². The molecule has 6 heteroatoms. The van der Waals surface area contributed by atoms with E-state index in [1.807, 2.05) is 27.1 Å². The zero-order valence-corrected chi connectivity index (χ0v) is 13.9. The predicted molar refractivity (Wildman–Crippen MR) is 85.5 cm³/mol. The van der Waals surface area contributed by atoms with Gasteiger partial charge in [0.15, 0.2) is 0 Å². The number of rotatable bonds is 4. The molecule has 0 aromatic carbocycles. The second kappa shape index (κ2) is 6.30. The van der Waals surface area contributed by atoms with Crippen LogP contribution in [0.25, 0.3) is 0 Å². The quantitative estimate of drug-likeness (QED) is 0.911. The first kappa shape index (κ1) is 15.6. The van der Waals surface area contributed by atoms with Crippen LogP contribution in [0, 0.1) is 13.8 Å². The number of amides is 2. The van der Waals surface area contributed by atoms with E-state index in [1.165, 1.54) is 15.3 Å². The van der Waals surface area contributed by atoms with Crippen molar-refractivity contribution in [3.05, 3.63) is 39.3 Å². The highest BCUT2D eigenvalue weighted by molar-refractivity contribution is 7.12. The van der Waals surface area contributed by atoms with Gasteiger partial charge in [-0.25, -0.2) is 4.79 Å². The number of urea groups is 1. The summed E-state index contributed by atoms with van der Waals surface area (Å²) < 4.78 is 1.73. The number of hydrogen-bond acceptors (Lipinski definition) is 3. The fraction of sp³-hybridized carbons (Fsp3) is 0.467. The van der Waals surface area contributed by atoms with Gasteiger partial charge in [0.1, 0.15) is 0 Å². The monoisotopic (exact) mass is 306 g/mol. The number of aromatic nitrogens is 2. The molecule has 2 aromatic rings. The van der Waals surface area contributed by atoms with E-state index in [2.05, 4.69) is 35.6 Å². The van der Waals surface area contributed by atoms with Crippen molar-refractivity contribution < 1.29 is 4.79 Å². The lowest BCUT2D eigenvalue weighted by Gasteiger charge is -2.17. The number of thiophene rings is 1. The molecule has 2 amide bonds. The molecule has 2 rings (SSSR count). The fourth-order valence-corrected chi connectivity index (χ4v) is 3.36. The third kappa shape index (κ3) is 3.85. The molecule has 0 spiro atoms. The number of carbonyl (C=O) groups is 1. The molecule has 21 heavy (non-hydrogen) atoms. The van der Waals surface area contributed by atoms with Crippen molar-refractivity contribution in [2.24, 2.45) is 7.05 Å². The minimum atomic E-state index is -0.165. The van der Waals surface area contributed by atoms with Crippen LogP contribution >= 0.6 is 11.3 Å². The third-order valence-corrected chi connectivity index (χ3v) is 4.45. The summed E-state index contributed by atoms with van der Waals surface area (Å²) in [5.41, 5.74) is 2.17. The molecule has 0 aliphatic heterocycles. The van der Waals surface area contributed by atoms with Crippen LogP contribution < -0.4 is 10.6 Å². The Labute approximate surface area is 129 Å². The second-order valence-corrected chi connectivity index (χ2v) is 6.84. The average molecular weight is 306 g/mol. The molecule has 0 fully saturated rings. The van der Waals surface area contributed by atoms with Gasteiger partial charge >= 0.3 is 6.03 Å². The van der Waals surface area contributed by atoms with Gasteiger partial charge in [-0.2, -0.15) is 5.10 Å². The largest absolute Gasteiger partial charge is 0.332 e. The maximum absolute atomic E-state index is 12.1. The van der Waals surface area contributed by atoms with Gasteiger partial charge in [0.2, 0.25) is 0 Å². The molecule has 2 atom stereocenters. The van der Waals surface area contributed by atoms with E-state index in [-0.39, 0.29) is 18.1 Å². The normalized spacial score (nSPS) is 13.8. The Balaban J connectivity index is 1.94. The average Bonchev–Trinajstić information content (AvgIpc) is 2.95. The van der Waals surface area contributed by atoms with Crippen LogP contribution in [0.2, 0.25) is 0 Å². The standard InChI is InChI=1S/C15H22N4OS/c1-9-6-14(12(4)21-9)11(3)18-15(20)17-10(2)13-7-16-19(5)8-13/h6-8,10-11H,1-5H3,(H2,17,18,20)/t10-,11+/m1/s1. The van der Waals surface area contributed by atoms with Crippen LogP contribution in [0.4, 0.5) is 4.79 Å². The summed E-state index contributed by atoms with van der Waals surface area (Å²) in [5.74, 6) is 0. The lowest BCUT2D eigenvalue weighted by atomic mass is 10.1. The highest BCUT2D eigenvalue weighted by Gasteiger charge is 2.16. The molecule has 0 radical (unpaired) electrons. The van der Waals surface area contributed by atoms with Crippen molar-refractivity contribution in [1.29, 1.82) is 0 Å². The van der Waals surface area contributed by atoms with E-state index >= 15 is 0 Å². The zero-order chi connectivity index (χ0) is 15.6. The van der Waals surface area contributed by atoms with E-state index in [9.17, 15) is 4.79 Å². The summed E-state index contributed by atoms with van der Waals surface area (Å²) >= 11 is 1.76. The Kier molecular flexibility index (Phi) is 4.67. The van der Waals surface area contributed by atoms with Crippen LogP contribution in [0.3, 0.4) is 0 Å². The number of carbonyl (C=O) groups excluding carboxylic acids is 1. The van der Waals surface area contributed by atoms with Gasteiger partial charge in [-0.05, 0) is 39.3 Å². The molecule has 0 aliphatic rings. The molecule has 0 saturated heterocycles. The van der Waals surface area contributed by atoms with E-state index in [0.29, 0.717) is 0 Å². The molecule has 2 N–H and O–H groups in total. The minimum absolute atomic E-state index is 0.00366. The van der Waals surface area contributed by atoms with Gasteiger partial charge in [-0.1, -0.05) is 0 Å².